The molecule has 0 fully saturated rings. The van der Waals surface area contributed by atoms with Crippen LogP contribution in [0.2, 0.25) is 0 Å². The number of benzene rings is 2. The zero-order chi connectivity index (χ0) is 17.9. The van der Waals surface area contributed by atoms with Crippen molar-refractivity contribution in [2.45, 2.75) is 0 Å². The molecule has 1 aliphatic carbocycles. The van der Waals surface area contributed by atoms with E-state index in [1.807, 2.05) is 24.3 Å². The molecular formula is C24H19NO. The van der Waals surface area contributed by atoms with Gasteiger partial charge in [-0.05, 0) is 58.7 Å². The van der Waals surface area contributed by atoms with Crippen molar-refractivity contribution in [3.63, 3.8) is 0 Å². The Hall–Kier alpha value is -3.39. The smallest absolute Gasteiger partial charge is 0.178 e. The minimum absolute atomic E-state index is 0.0268. The number of hydrogen-bond donors (Lipinski definition) is 0. The van der Waals surface area contributed by atoms with Crippen LogP contribution >= 0.6 is 0 Å². The van der Waals surface area contributed by atoms with Crippen LogP contribution in [0.3, 0.4) is 0 Å². The van der Waals surface area contributed by atoms with Crippen molar-refractivity contribution < 1.29 is 4.79 Å². The SMILES string of the molecule is CN1C(c2ccccc2)=CC(c2ccccc2)=CC1=C1C=CC(=O)C=C1. The summed E-state index contributed by atoms with van der Waals surface area (Å²) in [6, 6.07) is 20.7. The zero-order valence-corrected chi connectivity index (χ0v) is 14.6. The van der Waals surface area contributed by atoms with E-state index in [9.17, 15) is 4.79 Å². The molecule has 0 N–H and O–H groups in total. The van der Waals surface area contributed by atoms with Gasteiger partial charge >= 0.3 is 0 Å². The van der Waals surface area contributed by atoms with E-state index in [-0.39, 0.29) is 5.78 Å². The third-order valence-electron chi connectivity index (χ3n) is 4.63. The van der Waals surface area contributed by atoms with Crippen molar-refractivity contribution in [1.82, 2.24) is 4.90 Å². The minimum atomic E-state index is 0.0268. The summed E-state index contributed by atoms with van der Waals surface area (Å²) >= 11 is 0. The van der Waals surface area contributed by atoms with Crippen LogP contribution < -0.4 is 0 Å². The highest BCUT2D eigenvalue weighted by atomic mass is 16.1. The lowest BCUT2D eigenvalue weighted by Gasteiger charge is -2.30. The molecule has 26 heavy (non-hydrogen) atoms. The molecule has 2 aliphatic rings. The van der Waals surface area contributed by atoms with Crippen LogP contribution in [0.5, 0.6) is 0 Å². The van der Waals surface area contributed by atoms with E-state index in [0.717, 1.165) is 28.1 Å². The molecule has 0 spiro atoms. The summed E-state index contributed by atoms with van der Waals surface area (Å²) in [4.78, 5) is 13.7. The van der Waals surface area contributed by atoms with Gasteiger partial charge in [0, 0.05) is 18.4 Å². The Balaban J connectivity index is 1.89. The van der Waals surface area contributed by atoms with Crippen molar-refractivity contribution in [3.05, 3.63) is 120 Å². The third kappa shape index (κ3) is 3.09. The fraction of sp³-hybridized carbons (Fsp3) is 0.0417. The molecule has 4 rings (SSSR count). The number of carbonyl (C=O) groups excluding carboxylic acids is 1. The van der Waals surface area contributed by atoms with Crippen LogP contribution in [-0.4, -0.2) is 17.7 Å². The fourth-order valence-corrected chi connectivity index (χ4v) is 3.25. The van der Waals surface area contributed by atoms with E-state index in [0.29, 0.717) is 0 Å². The van der Waals surface area contributed by atoms with Crippen molar-refractivity contribution >= 4 is 17.1 Å². The summed E-state index contributed by atoms with van der Waals surface area (Å²) in [7, 11) is 2.07. The van der Waals surface area contributed by atoms with Gasteiger partial charge in [-0.2, -0.15) is 0 Å². The number of ketones is 1. The molecule has 2 aromatic rings. The van der Waals surface area contributed by atoms with Crippen molar-refractivity contribution in [2.75, 3.05) is 7.05 Å². The molecule has 0 saturated carbocycles. The second-order valence-electron chi connectivity index (χ2n) is 6.33. The normalized spacial score (nSPS) is 16.7. The van der Waals surface area contributed by atoms with Crippen molar-refractivity contribution in [3.8, 4) is 0 Å². The fourth-order valence-electron chi connectivity index (χ4n) is 3.25. The van der Waals surface area contributed by atoms with Gasteiger partial charge in [-0.1, -0.05) is 60.7 Å². The molecule has 1 aliphatic heterocycles. The molecule has 2 aromatic carbocycles. The molecule has 0 aromatic heterocycles. The second kappa shape index (κ2) is 6.85. The topological polar surface area (TPSA) is 20.3 Å². The van der Waals surface area contributed by atoms with Crippen LogP contribution in [0.4, 0.5) is 0 Å². The molecule has 2 nitrogen and oxygen atoms in total. The van der Waals surface area contributed by atoms with E-state index < -0.39 is 0 Å². The van der Waals surface area contributed by atoms with Gasteiger partial charge in [0.05, 0.1) is 0 Å². The van der Waals surface area contributed by atoms with E-state index in [1.165, 1.54) is 5.56 Å². The number of likely N-dealkylation sites (N-methyl/N-ethyl adjacent to an activating group) is 1. The van der Waals surface area contributed by atoms with Crippen LogP contribution in [0.25, 0.3) is 11.3 Å². The monoisotopic (exact) mass is 337 g/mol. The second-order valence-corrected chi connectivity index (χ2v) is 6.33. The molecule has 0 bridgehead atoms. The lowest BCUT2D eigenvalue weighted by molar-refractivity contribution is -0.110. The molecule has 0 saturated heterocycles. The van der Waals surface area contributed by atoms with Crippen LogP contribution in [0.1, 0.15) is 11.1 Å². The maximum atomic E-state index is 11.5. The largest absolute Gasteiger partial charge is 0.344 e. The first-order chi connectivity index (χ1) is 12.7. The Morgan fingerprint density at radius 1 is 0.692 bits per heavy atom. The minimum Gasteiger partial charge on any atom is -0.344 e. The Morgan fingerprint density at radius 2 is 1.27 bits per heavy atom. The standard InChI is InChI=1S/C24H19NO/c1-25-23(19-10-6-3-7-11-19)16-21(18-8-4-2-5-9-18)17-24(25)20-12-14-22(26)15-13-20/h2-17H,1H3. The number of hydrogen-bond acceptors (Lipinski definition) is 2. The average Bonchev–Trinajstić information content (AvgIpc) is 2.70. The summed E-state index contributed by atoms with van der Waals surface area (Å²) in [6.45, 7) is 0. The predicted octanol–water partition coefficient (Wildman–Crippen LogP) is 5.01. The van der Waals surface area contributed by atoms with Gasteiger partial charge in [-0.3, -0.25) is 4.79 Å². The highest BCUT2D eigenvalue weighted by Gasteiger charge is 2.20. The molecule has 0 amide bonds. The van der Waals surface area contributed by atoms with Crippen LogP contribution in [0, 0.1) is 0 Å². The van der Waals surface area contributed by atoms with E-state index in [4.69, 9.17) is 0 Å². The average molecular weight is 337 g/mol. The lowest BCUT2D eigenvalue weighted by Crippen LogP contribution is -2.20. The summed E-state index contributed by atoms with van der Waals surface area (Å²) in [5, 5.41) is 0. The van der Waals surface area contributed by atoms with Gasteiger partial charge in [0.2, 0.25) is 0 Å². The predicted molar refractivity (Wildman–Crippen MR) is 107 cm³/mol. The zero-order valence-electron chi connectivity index (χ0n) is 14.6. The maximum absolute atomic E-state index is 11.5. The molecular weight excluding hydrogens is 318 g/mol. The first-order valence-electron chi connectivity index (χ1n) is 8.65. The quantitative estimate of drug-likeness (QED) is 0.768. The molecule has 0 unspecified atom stereocenters. The highest BCUT2D eigenvalue weighted by Crippen LogP contribution is 2.35. The van der Waals surface area contributed by atoms with Gasteiger partial charge in [-0.15, -0.1) is 0 Å². The van der Waals surface area contributed by atoms with Crippen molar-refractivity contribution in [1.29, 1.82) is 0 Å². The highest BCUT2D eigenvalue weighted by molar-refractivity contribution is 6.01. The molecule has 0 atom stereocenters. The lowest BCUT2D eigenvalue weighted by atomic mass is 9.94. The summed E-state index contributed by atoms with van der Waals surface area (Å²) in [5.74, 6) is 0.0268. The van der Waals surface area contributed by atoms with Crippen LogP contribution in [0.15, 0.2) is 108 Å². The third-order valence-corrected chi connectivity index (χ3v) is 4.63. The molecule has 1 heterocycles. The van der Waals surface area contributed by atoms with Gasteiger partial charge in [0.15, 0.2) is 5.78 Å². The Labute approximate surface area is 153 Å². The number of nitrogens with zero attached hydrogens (tertiary/aromatic N) is 1. The van der Waals surface area contributed by atoms with E-state index in [1.54, 1.807) is 12.2 Å². The first kappa shape index (κ1) is 16.1. The Morgan fingerprint density at radius 3 is 1.88 bits per heavy atom. The Kier molecular flexibility index (Phi) is 4.24. The van der Waals surface area contributed by atoms with E-state index >= 15 is 0 Å². The van der Waals surface area contributed by atoms with E-state index in [2.05, 4.69) is 72.6 Å². The summed E-state index contributed by atoms with van der Waals surface area (Å²) < 4.78 is 0. The van der Waals surface area contributed by atoms with Gasteiger partial charge in [-0.25, -0.2) is 0 Å². The van der Waals surface area contributed by atoms with Crippen molar-refractivity contribution in [2.24, 2.45) is 0 Å². The van der Waals surface area contributed by atoms with Gasteiger partial charge < -0.3 is 4.90 Å². The van der Waals surface area contributed by atoms with Gasteiger partial charge in [0.25, 0.3) is 0 Å². The summed E-state index contributed by atoms with van der Waals surface area (Å²) in [5.41, 5.74) is 6.73. The molecule has 2 heteroatoms. The molecule has 0 radical (unpaired) electrons. The first-order valence-corrected chi connectivity index (χ1v) is 8.65. The number of allylic oxidation sites excluding steroid dienone is 8. The molecule has 126 valence electrons. The van der Waals surface area contributed by atoms with Gasteiger partial charge in [0.1, 0.15) is 0 Å². The Bertz CT molecular complexity index is 971. The summed E-state index contributed by atoms with van der Waals surface area (Å²) in [6.07, 6.45) is 11.4. The maximum Gasteiger partial charge on any atom is 0.178 e. The van der Waals surface area contributed by atoms with Crippen LogP contribution in [-0.2, 0) is 4.79 Å². The number of rotatable bonds is 2. The number of carbonyl (C=O) groups is 1.